The van der Waals surface area contributed by atoms with Crippen LogP contribution in [0.25, 0.3) is 0 Å². The van der Waals surface area contributed by atoms with Gasteiger partial charge in [-0.15, -0.1) is 11.3 Å². The number of nitrogens with zero attached hydrogens (tertiary/aromatic N) is 1. The summed E-state index contributed by atoms with van der Waals surface area (Å²) in [4.78, 5) is 24.5. The van der Waals surface area contributed by atoms with E-state index in [1.54, 1.807) is 0 Å². The summed E-state index contributed by atoms with van der Waals surface area (Å²) in [6, 6.07) is 5.85. The van der Waals surface area contributed by atoms with Crippen LogP contribution in [0.5, 0.6) is 0 Å². The monoisotopic (exact) mass is 447 g/mol. The number of aliphatic hydroxyl groups excluding tert-OH is 1. The van der Waals surface area contributed by atoms with Crippen molar-refractivity contribution in [3.05, 3.63) is 51.4 Å². The first kappa shape index (κ1) is 20.9. The minimum Gasteiger partial charge on any atom is -0.456 e. The molecule has 0 radical (unpaired) electrons. The van der Waals surface area contributed by atoms with Crippen LogP contribution in [0.1, 0.15) is 16.1 Å². The molecule has 1 aromatic heterocycles. The number of hydrogen-bond acceptors (Lipinski definition) is 7. The van der Waals surface area contributed by atoms with Gasteiger partial charge in [0.2, 0.25) is 15.8 Å². The van der Waals surface area contributed by atoms with E-state index in [9.17, 15) is 27.5 Å². The maximum absolute atomic E-state index is 13.1. The number of rotatable bonds is 6. The second-order valence-corrected chi connectivity index (χ2v) is 9.67. The van der Waals surface area contributed by atoms with Gasteiger partial charge >= 0.3 is 5.97 Å². The molecule has 7 nitrogen and oxygen atoms in total. The molecule has 2 heterocycles. The zero-order valence-electron chi connectivity index (χ0n) is 14.2. The minimum atomic E-state index is -4.16. The normalized spacial score (nSPS) is 20.2. The van der Waals surface area contributed by atoms with E-state index in [-0.39, 0.29) is 17.9 Å². The number of thiophene rings is 1. The van der Waals surface area contributed by atoms with Gasteiger partial charge in [0.25, 0.3) is 0 Å². The topological polar surface area (TPSA) is 101 Å². The molecule has 1 fully saturated rings. The fraction of sp³-hybridized carbons (Fsp3) is 0.294. The number of β-amino-alcohol motifs (C(OH)–C–C–N with tert-alkyl or cyclic N) is 1. The summed E-state index contributed by atoms with van der Waals surface area (Å²) in [5.41, 5.74) is 0. The maximum atomic E-state index is 13.1. The first-order valence-electron chi connectivity index (χ1n) is 8.09. The van der Waals surface area contributed by atoms with Crippen molar-refractivity contribution in [3.8, 4) is 0 Å². The fourth-order valence-corrected chi connectivity index (χ4v) is 5.37. The molecule has 1 aliphatic heterocycles. The summed E-state index contributed by atoms with van der Waals surface area (Å²) < 4.78 is 44.8. The van der Waals surface area contributed by atoms with Crippen LogP contribution in [0.3, 0.4) is 0 Å². The highest BCUT2D eigenvalue weighted by Crippen LogP contribution is 2.28. The number of carbonyl (C=O) groups is 2. The van der Waals surface area contributed by atoms with Crippen molar-refractivity contribution in [2.75, 3.05) is 13.2 Å². The van der Waals surface area contributed by atoms with Crippen molar-refractivity contribution < 1.29 is 32.2 Å². The molecule has 1 N–H and O–H groups in total. The van der Waals surface area contributed by atoms with Crippen LogP contribution in [0.15, 0.2) is 41.3 Å². The molecule has 2 atom stereocenters. The van der Waals surface area contributed by atoms with E-state index in [4.69, 9.17) is 16.3 Å². The van der Waals surface area contributed by atoms with Gasteiger partial charge in [0.05, 0.1) is 20.2 Å². The number of halogens is 2. The Kier molecular flexibility index (Phi) is 6.15. The molecule has 150 valence electrons. The standard InChI is InChI=1S/C17H15ClFNO6S2/c18-16-6-5-15(27-16)14(22)9-26-17(23)13-7-11(21)8-20(13)28(24,25)12-3-1-10(19)2-4-12/h1-6,11,13,21H,7-9H2. The molecule has 0 spiro atoms. The number of carbonyl (C=O) groups excluding carboxylic acids is 2. The van der Waals surface area contributed by atoms with Crippen LogP contribution >= 0.6 is 22.9 Å². The summed E-state index contributed by atoms with van der Waals surface area (Å²) in [5.74, 6) is -2.03. The Labute approximate surface area is 169 Å². The van der Waals surface area contributed by atoms with Gasteiger partial charge in [-0.3, -0.25) is 9.59 Å². The Morgan fingerprint density at radius 3 is 2.54 bits per heavy atom. The third kappa shape index (κ3) is 4.41. The van der Waals surface area contributed by atoms with Gasteiger partial charge in [-0.1, -0.05) is 11.6 Å². The molecule has 3 rings (SSSR count). The minimum absolute atomic E-state index is 0.168. The maximum Gasteiger partial charge on any atom is 0.325 e. The Balaban J connectivity index is 1.73. The molecule has 0 amide bonds. The van der Waals surface area contributed by atoms with Crippen LogP contribution in [0.4, 0.5) is 4.39 Å². The van der Waals surface area contributed by atoms with Crippen molar-refractivity contribution >= 4 is 44.7 Å². The number of benzene rings is 1. The molecule has 0 bridgehead atoms. The van der Waals surface area contributed by atoms with E-state index in [0.29, 0.717) is 9.21 Å². The second-order valence-electron chi connectivity index (χ2n) is 6.07. The lowest BCUT2D eigenvalue weighted by molar-refractivity contribution is -0.146. The third-order valence-corrected chi connectivity index (χ3v) is 7.28. The van der Waals surface area contributed by atoms with Gasteiger partial charge in [0.1, 0.15) is 11.9 Å². The third-order valence-electron chi connectivity index (χ3n) is 4.12. The SMILES string of the molecule is O=C(COC(=O)C1CC(O)CN1S(=O)(=O)c1ccc(F)cc1)c1ccc(Cl)s1. The lowest BCUT2D eigenvalue weighted by atomic mass is 10.2. The van der Waals surface area contributed by atoms with Gasteiger partial charge in [0.15, 0.2) is 6.61 Å². The zero-order valence-corrected chi connectivity index (χ0v) is 16.6. The van der Waals surface area contributed by atoms with Gasteiger partial charge in [-0.2, -0.15) is 4.31 Å². The fourth-order valence-electron chi connectivity index (χ4n) is 2.77. The summed E-state index contributed by atoms with van der Waals surface area (Å²) in [6.45, 7) is -0.888. The van der Waals surface area contributed by atoms with Gasteiger partial charge in [-0.05, 0) is 36.4 Å². The summed E-state index contributed by atoms with van der Waals surface area (Å²) in [5, 5.41) is 9.88. The van der Waals surface area contributed by atoms with Crippen LogP contribution < -0.4 is 0 Å². The van der Waals surface area contributed by atoms with Crippen LogP contribution in [-0.4, -0.2) is 54.9 Å². The lowest BCUT2D eigenvalue weighted by Gasteiger charge is -2.22. The van der Waals surface area contributed by atoms with Gasteiger partial charge < -0.3 is 9.84 Å². The number of aliphatic hydroxyl groups is 1. The van der Waals surface area contributed by atoms with E-state index < -0.39 is 46.3 Å². The Bertz CT molecular complexity index is 991. The molecule has 11 heteroatoms. The molecule has 0 saturated carbocycles. The Morgan fingerprint density at radius 1 is 1.25 bits per heavy atom. The lowest BCUT2D eigenvalue weighted by Crippen LogP contribution is -2.41. The molecular weight excluding hydrogens is 433 g/mol. The van der Waals surface area contributed by atoms with Crippen molar-refractivity contribution in [2.45, 2.75) is 23.5 Å². The van der Waals surface area contributed by atoms with Crippen molar-refractivity contribution in [1.29, 1.82) is 0 Å². The smallest absolute Gasteiger partial charge is 0.325 e. The molecular formula is C17H15ClFNO6S2. The highest BCUT2D eigenvalue weighted by molar-refractivity contribution is 7.89. The quantitative estimate of drug-likeness (QED) is 0.537. The second kappa shape index (κ2) is 8.26. The van der Waals surface area contributed by atoms with Crippen molar-refractivity contribution in [1.82, 2.24) is 4.31 Å². The molecule has 0 aliphatic carbocycles. The Morgan fingerprint density at radius 2 is 1.93 bits per heavy atom. The van der Waals surface area contributed by atoms with Gasteiger partial charge in [-0.25, -0.2) is 12.8 Å². The molecule has 2 aromatic rings. The number of hydrogen-bond donors (Lipinski definition) is 1. The average Bonchev–Trinajstić information content (AvgIpc) is 3.26. The molecule has 28 heavy (non-hydrogen) atoms. The predicted molar refractivity (Wildman–Crippen MR) is 99.3 cm³/mol. The summed E-state index contributed by atoms with van der Waals surface area (Å²) >= 11 is 6.79. The number of ether oxygens (including phenoxy) is 1. The van der Waals surface area contributed by atoms with E-state index in [2.05, 4.69) is 0 Å². The number of Topliss-reactive ketones (excluding diaryl/α,β-unsaturated/α-hetero) is 1. The largest absolute Gasteiger partial charge is 0.456 e. The number of ketones is 1. The number of sulfonamides is 1. The summed E-state index contributed by atoms with van der Waals surface area (Å²) in [6.07, 6.45) is -1.24. The summed E-state index contributed by atoms with van der Waals surface area (Å²) in [7, 11) is -4.16. The molecule has 2 unspecified atom stereocenters. The van der Waals surface area contributed by atoms with Gasteiger partial charge in [0, 0.05) is 13.0 Å². The van der Waals surface area contributed by atoms with Crippen molar-refractivity contribution in [3.63, 3.8) is 0 Å². The van der Waals surface area contributed by atoms with E-state index in [1.807, 2.05) is 0 Å². The highest BCUT2D eigenvalue weighted by Gasteiger charge is 2.44. The predicted octanol–water partition coefficient (Wildman–Crippen LogP) is 2.09. The molecule has 1 aromatic carbocycles. The highest BCUT2D eigenvalue weighted by atomic mass is 35.5. The first-order chi connectivity index (χ1) is 13.2. The molecule has 1 saturated heterocycles. The van der Waals surface area contributed by atoms with E-state index in [1.165, 1.54) is 12.1 Å². The number of esters is 1. The van der Waals surface area contributed by atoms with Crippen LogP contribution in [0, 0.1) is 5.82 Å². The van der Waals surface area contributed by atoms with Crippen LogP contribution in [-0.2, 0) is 19.6 Å². The average molecular weight is 448 g/mol. The Hall–Kier alpha value is -1.85. The van der Waals surface area contributed by atoms with Crippen LogP contribution in [0.2, 0.25) is 4.34 Å². The first-order valence-corrected chi connectivity index (χ1v) is 10.7. The molecule has 1 aliphatic rings. The zero-order chi connectivity index (χ0) is 20.5. The van der Waals surface area contributed by atoms with E-state index >= 15 is 0 Å². The van der Waals surface area contributed by atoms with Crippen molar-refractivity contribution in [2.24, 2.45) is 0 Å². The van der Waals surface area contributed by atoms with E-state index in [0.717, 1.165) is 39.9 Å².